The summed E-state index contributed by atoms with van der Waals surface area (Å²) in [5, 5.41) is 3.42. The van der Waals surface area contributed by atoms with Crippen molar-refractivity contribution in [2.75, 3.05) is 19.8 Å². The van der Waals surface area contributed by atoms with Gasteiger partial charge in [0.05, 0.1) is 24.4 Å². The third-order valence-corrected chi connectivity index (χ3v) is 3.45. The Hall–Kier alpha value is -0.710. The van der Waals surface area contributed by atoms with Gasteiger partial charge in [0.1, 0.15) is 0 Å². The minimum atomic E-state index is 0.357. The van der Waals surface area contributed by atoms with E-state index in [1.54, 1.807) is 11.3 Å². The molecule has 0 saturated carbocycles. The third-order valence-electron chi connectivity index (χ3n) is 2.34. The third kappa shape index (κ3) is 4.43. The zero-order valence-electron chi connectivity index (χ0n) is 10.0. The van der Waals surface area contributed by atoms with E-state index in [1.807, 2.05) is 18.5 Å². The van der Waals surface area contributed by atoms with Crippen LogP contribution in [0, 0.1) is 6.92 Å². The van der Waals surface area contributed by atoms with Gasteiger partial charge < -0.3 is 10.1 Å². The molecule has 1 atom stereocenters. The summed E-state index contributed by atoms with van der Waals surface area (Å²) >= 11 is 1.70. The van der Waals surface area contributed by atoms with Crippen LogP contribution in [0.15, 0.2) is 18.2 Å². The molecule has 0 spiro atoms. The zero-order chi connectivity index (χ0) is 11.8. The molecule has 0 radical (unpaired) electrons. The van der Waals surface area contributed by atoms with Crippen molar-refractivity contribution in [2.24, 2.45) is 0 Å². The summed E-state index contributed by atoms with van der Waals surface area (Å²) in [5.41, 5.74) is 3.02. The minimum Gasteiger partial charge on any atom is -0.380 e. The van der Waals surface area contributed by atoms with Crippen LogP contribution in [0.4, 0.5) is 0 Å². The van der Waals surface area contributed by atoms with Gasteiger partial charge in [-0.05, 0) is 20.3 Å². The molecule has 4 heteroatoms. The second-order valence-electron chi connectivity index (χ2n) is 3.67. The highest BCUT2D eigenvalue weighted by molar-refractivity contribution is 7.09. The summed E-state index contributed by atoms with van der Waals surface area (Å²) in [6, 6.07) is 0.357. The molecule has 16 heavy (non-hydrogen) atoms. The summed E-state index contributed by atoms with van der Waals surface area (Å²) in [5.74, 6) is 0. The molecule has 1 heterocycles. The van der Waals surface area contributed by atoms with Gasteiger partial charge in [0.15, 0.2) is 0 Å². The second-order valence-corrected chi connectivity index (χ2v) is 4.55. The van der Waals surface area contributed by atoms with Gasteiger partial charge >= 0.3 is 0 Å². The van der Waals surface area contributed by atoms with Gasteiger partial charge in [-0.1, -0.05) is 6.08 Å². The number of aromatic nitrogens is 1. The Morgan fingerprint density at radius 1 is 1.62 bits per heavy atom. The Balaban J connectivity index is 2.13. The molecule has 90 valence electrons. The molecule has 3 nitrogen and oxygen atoms in total. The van der Waals surface area contributed by atoms with E-state index in [2.05, 4.69) is 23.8 Å². The number of thiazole rings is 1. The standard InChI is InChI=1S/C12H20N2OS/c1-4-5-7-15-8-6-13-10(2)12-11(3)14-9-16-12/h4,9-10,13H,1,5-8H2,2-3H3. The SMILES string of the molecule is C=CCCOCCNC(C)c1scnc1C. The van der Waals surface area contributed by atoms with Crippen molar-refractivity contribution in [1.29, 1.82) is 0 Å². The first-order chi connectivity index (χ1) is 7.75. The molecule has 1 rings (SSSR count). The zero-order valence-corrected chi connectivity index (χ0v) is 10.8. The van der Waals surface area contributed by atoms with Gasteiger partial charge in [0.2, 0.25) is 0 Å². The number of nitrogens with zero attached hydrogens (tertiary/aromatic N) is 1. The molecule has 0 aliphatic rings. The van der Waals surface area contributed by atoms with Gasteiger partial charge in [0, 0.05) is 17.5 Å². The largest absolute Gasteiger partial charge is 0.380 e. The van der Waals surface area contributed by atoms with E-state index >= 15 is 0 Å². The average molecular weight is 240 g/mol. The van der Waals surface area contributed by atoms with Crippen LogP contribution in [0.25, 0.3) is 0 Å². The summed E-state index contributed by atoms with van der Waals surface area (Å²) in [6.45, 7) is 10.2. The van der Waals surface area contributed by atoms with Crippen molar-refractivity contribution < 1.29 is 4.74 Å². The molecule has 0 fully saturated rings. The van der Waals surface area contributed by atoms with Crippen molar-refractivity contribution in [3.63, 3.8) is 0 Å². The normalized spacial score (nSPS) is 12.6. The topological polar surface area (TPSA) is 34.1 Å². The Morgan fingerprint density at radius 3 is 3.06 bits per heavy atom. The van der Waals surface area contributed by atoms with E-state index in [0.29, 0.717) is 6.04 Å². The molecule has 1 unspecified atom stereocenters. The number of nitrogens with one attached hydrogen (secondary N) is 1. The summed E-state index contributed by atoms with van der Waals surface area (Å²) in [6.07, 6.45) is 2.79. The van der Waals surface area contributed by atoms with Crippen LogP contribution in [0.5, 0.6) is 0 Å². The van der Waals surface area contributed by atoms with Crippen molar-refractivity contribution in [3.05, 3.63) is 28.7 Å². The fourth-order valence-corrected chi connectivity index (χ4v) is 2.27. The average Bonchev–Trinajstić information content (AvgIpc) is 2.69. The van der Waals surface area contributed by atoms with Gasteiger partial charge in [-0.25, -0.2) is 4.98 Å². The molecule has 0 saturated heterocycles. The van der Waals surface area contributed by atoms with Gasteiger partial charge in [-0.2, -0.15) is 0 Å². The van der Waals surface area contributed by atoms with E-state index in [1.165, 1.54) is 4.88 Å². The minimum absolute atomic E-state index is 0.357. The molecular weight excluding hydrogens is 220 g/mol. The van der Waals surface area contributed by atoms with Crippen molar-refractivity contribution in [2.45, 2.75) is 26.3 Å². The quantitative estimate of drug-likeness (QED) is 0.560. The predicted octanol–water partition coefficient (Wildman–Crippen LogP) is 2.69. The summed E-state index contributed by atoms with van der Waals surface area (Å²) < 4.78 is 5.43. The first kappa shape index (κ1) is 13.4. The lowest BCUT2D eigenvalue weighted by Crippen LogP contribution is -2.23. The number of rotatable bonds is 8. The molecule has 0 bridgehead atoms. The lowest BCUT2D eigenvalue weighted by atomic mass is 10.2. The summed E-state index contributed by atoms with van der Waals surface area (Å²) in [7, 11) is 0. The van der Waals surface area contributed by atoms with Gasteiger partial charge in [-0.3, -0.25) is 0 Å². The Bertz CT molecular complexity index is 312. The van der Waals surface area contributed by atoms with Crippen LogP contribution in [0.3, 0.4) is 0 Å². The van der Waals surface area contributed by atoms with Gasteiger partial charge in [0.25, 0.3) is 0 Å². The van der Waals surface area contributed by atoms with Crippen molar-refractivity contribution >= 4 is 11.3 Å². The molecule has 0 aliphatic carbocycles. The number of ether oxygens (including phenoxy) is 1. The number of aryl methyl sites for hydroxylation is 1. The van der Waals surface area contributed by atoms with Crippen molar-refractivity contribution in [3.8, 4) is 0 Å². The molecule has 0 amide bonds. The van der Waals surface area contributed by atoms with Crippen LogP contribution in [-0.2, 0) is 4.74 Å². The fourth-order valence-electron chi connectivity index (χ4n) is 1.44. The Morgan fingerprint density at radius 2 is 2.44 bits per heavy atom. The maximum atomic E-state index is 5.43. The lowest BCUT2D eigenvalue weighted by Gasteiger charge is -2.12. The maximum absolute atomic E-state index is 5.43. The van der Waals surface area contributed by atoms with Crippen LogP contribution in [0.1, 0.15) is 30.0 Å². The smallest absolute Gasteiger partial charge is 0.0798 e. The van der Waals surface area contributed by atoms with Crippen LogP contribution >= 0.6 is 11.3 Å². The molecule has 0 aliphatic heterocycles. The van der Waals surface area contributed by atoms with Crippen LogP contribution in [-0.4, -0.2) is 24.7 Å². The molecule has 0 aromatic carbocycles. The first-order valence-corrected chi connectivity index (χ1v) is 6.45. The van der Waals surface area contributed by atoms with Crippen molar-refractivity contribution in [1.82, 2.24) is 10.3 Å². The maximum Gasteiger partial charge on any atom is 0.0798 e. The predicted molar refractivity (Wildman–Crippen MR) is 68.9 cm³/mol. The lowest BCUT2D eigenvalue weighted by molar-refractivity contribution is 0.138. The molecule has 1 aromatic heterocycles. The number of hydrogen-bond donors (Lipinski definition) is 1. The highest BCUT2D eigenvalue weighted by Crippen LogP contribution is 2.20. The Labute approximate surface area is 102 Å². The van der Waals surface area contributed by atoms with Gasteiger partial charge in [-0.15, -0.1) is 17.9 Å². The Kier molecular flexibility index (Phi) is 6.30. The van der Waals surface area contributed by atoms with Crippen LogP contribution in [0.2, 0.25) is 0 Å². The molecular formula is C12H20N2OS. The van der Waals surface area contributed by atoms with Crippen LogP contribution < -0.4 is 5.32 Å². The van der Waals surface area contributed by atoms with E-state index in [9.17, 15) is 0 Å². The molecule has 1 N–H and O–H groups in total. The van der Waals surface area contributed by atoms with E-state index in [4.69, 9.17) is 4.74 Å². The number of hydrogen-bond acceptors (Lipinski definition) is 4. The summed E-state index contributed by atoms with van der Waals surface area (Å²) in [4.78, 5) is 5.55. The molecule has 1 aromatic rings. The highest BCUT2D eigenvalue weighted by Gasteiger charge is 2.09. The fraction of sp³-hybridized carbons (Fsp3) is 0.583. The van der Waals surface area contributed by atoms with E-state index < -0.39 is 0 Å². The van der Waals surface area contributed by atoms with E-state index in [-0.39, 0.29) is 0 Å². The second kappa shape index (κ2) is 7.54. The van der Waals surface area contributed by atoms with E-state index in [0.717, 1.165) is 31.9 Å². The highest BCUT2D eigenvalue weighted by atomic mass is 32.1. The first-order valence-electron chi connectivity index (χ1n) is 5.57. The monoisotopic (exact) mass is 240 g/mol.